The average molecular weight is 216 g/mol. The van der Waals surface area contributed by atoms with Gasteiger partial charge in [0.1, 0.15) is 0 Å². The predicted octanol–water partition coefficient (Wildman–Crippen LogP) is 2.03. The van der Waals surface area contributed by atoms with E-state index < -0.39 is 0 Å². The molecule has 0 radical (unpaired) electrons. The predicted molar refractivity (Wildman–Crippen MR) is 68.2 cm³/mol. The summed E-state index contributed by atoms with van der Waals surface area (Å²) in [5.41, 5.74) is 5.97. The van der Waals surface area contributed by atoms with Crippen molar-refractivity contribution in [1.29, 1.82) is 0 Å². The summed E-state index contributed by atoms with van der Waals surface area (Å²) in [6.45, 7) is 9.07. The van der Waals surface area contributed by atoms with Crippen molar-refractivity contribution in [2.45, 2.75) is 39.3 Å². The zero-order valence-electron chi connectivity index (χ0n) is 10.4. The molecule has 16 heavy (non-hydrogen) atoms. The zero-order valence-corrected chi connectivity index (χ0v) is 10.4. The standard InChI is InChI=1S/C14H20N2/c1-9-4-5-12-6-13-8-15-7-10(2)16(13)14(12)11(9)3/h4-5,10,13,15H,6-8H2,1-3H3/t10?,13-/m1/s1. The minimum Gasteiger partial charge on any atom is -0.363 e. The number of hydrogen-bond acceptors (Lipinski definition) is 2. The van der Waals surface area contributed by atoms with Crippen LogP contribution in [0.15, 0.2) is 12.1 Å². The third kappa shape index (κ3) is 1.29. The Morgan fingerprint density at radius 1 is 1.25 bits per heavy atom. The van der Waals surface area contributed by atoms with Gasteiger partial charge in [-0.2, -0.15) is 0 Å². The van der Waals surface area contributed by atoms with E-state index in [2.05, 4.69) is 43.1 Å². The molecule has 0 spiro atoms. The first-order chi connectivity index (χ1) is 7.68. The third-order valence-corrected chi connectivity index (χ3v) is 4.19. The van der Waals surface area contributed by atoms with Gasteiger partial charge in [0.2, 0.25) is 0 Å². The Labute approximate surface area is 97.6 Å². The second-order valence-corrected chi connectivity index (χ2v) is 5.29. The molecule has 1 saturated heterocycles. The Morgan fingerprint density at radius 2 is 2.06 bits per heavy atom. The third-order valence-electron chi connectivity index (χ3n) is 4.19. The van der Waals surface area contributed by atoms with Gasteiger partial charge in [0.25, 0.3) is 0 Å². The topological polar surface area (TPSA) is 15.3 Å². The SMILES string of the molecule is Cc1ccc2c(c1C)N1C(C)CNC[C@H]1C2. The van der Waals surface area contributed by atoms with Gasteiger partial charge < -0.3 is 10.2 Å². The van der Waals surface area contributed by atoms with Crippen LogP contribution in [0.5, 0.6) is 0 Å². The summed E-state index contributed by atoms with van der Waals surface area (Å²) in [4.78, 5) is 2.65. The number of hydrogen-bond donors (Lipinski definition) is 1. The lowest BCUT2D eigenvalue weighted by molar-refractivity contribution is 0.429. The quantitative estimate of drug-likeness (QED) is 0.714. The molecule has 0 aromatic heterocycles. The summed E-state index contributed by atoms with van der Waals surface area (Å²) in [5.74, 6) is 0. The van der Waals surface area contributed by atoms with E-state index in [-0.39, 0.29) is 0 Å². The van der Waals surface area contributed by atoms with E-state index in [9.17, 15) is 0 Å². The van der Waals surface area contributed by atoms with Crippen molar-refractivity contribution in [3.8, 4) is 0 Å². The van der Waals surface area contributed by atoms with Gasteiger partial charge in [-0.1, -0.05) is 12.1 Å². The number of nitrogens with zero attached hydrogens (tertiary/aromatic N) is 1. The Kier molecular flexibility index (Phi) is 2.21. The van der Waals surface area contributed by atoms with Crippen molar-refractivity contribution in [1.82, 2.24) is 5.32 Å². The minimum absolute atomic E-state index is 0.625. The molecule has 2 atom stereocenters. The lowest BCUT2D eigenvalue weighted by atomic mass is 10.0. The number of benzene rings is 1. The van der Waals surface area contributed by atoms with Crippen LogP contribution in [0.2, 0.25) is 0 Å². The Balaban J connectivity index is 2.11. The van der Waals surface area contributed by atoms with Crippen LogP contribution < -0.4 is 10.2 Å². The highest BCUT2D eigenvalue weighted by molar-refractivity contribution is 5.67. The number of nitrogens with one attached hydrogen (secondary N) is 1. The first kappa shape index (κ1) is 10.2. The van der Waals surface area contributed by atoms with Crippen LogP contribution in [0.4, 0.5) is 5.69 Å². The van der Waals surface area contributed by atoms with Crippen LogP contribution in [0, 0.1) is 13.8 Å². The summed E-state index contributed by atoms with van der Waals surface area (Å²) in [5, 5.41) is 3.53. The van der Waals surface area contributed by atoms with Gasteiger partial charge in [-0.3, -0.25) is 0 Å². The molecule has 0 aliphatic carbocycles. The molecule has 86 valence electrons. The lowest BCUT2D eigenvalue weighted by Gasteiger charge is -2.39. The molecule has 2 aliphatic rings. The fourth-order valence-electron chi connectivity index (χ4n) is 3.22. The molecule has 2 nitrogen and oxygen atoms in total. The van der Waals surface area contributed by atoms with E-state index in [0.29, 0.717) is 12.1 Å². The highest BCUT2D eigenvalue weighted by atomic mass is 15.3. The van der Waals surface area contributed by atoms with Gasteiger partial charge >= 0.3 is 0 Å². The molecule has 0 saturated carbocycles. The van der Waals surface area contributed by atoms with Crippen molar-refractivity contribution >= 4 is 5.69 Å². The molecule has 2 heterocycles. The molecular weight excluding hydrogens is 196 g/mol. The normalized spacial score (nSPS) is 27.8. The molecule has 1 aromatic carbocycles. The smallest absolute Gasteiger partial charge is 0.0459 e. The number of aryl methyl sites for hydroxylation is 1. The van der Waals surface area contributed by atoms with Crippen molar-refractivity contribution < 1.29 is 0 Å². The lowest BCUT2D eigenvalue weighted by Crippen LogP contribution is -2.55. The maximum absolute atomic E-state index is 3.53. The maximum Gasteiger partial charge on any atom is 0.0459 e. The van der Waals surface area contributed by atoms with Gasteiger partial charge in [-0.25, -0.2) is 0 Å². The van der Waals surface area contributed by atoms with Crippen LogP contribution in [-0.2, 0) is 6.42 Å². The molecule has 2 heteroatoms. The zero-order chi connectivity index (χ0) is 11.3. The molecule has 2 aliphatic heterocycles. The van der Waals surface area contributed by atoms with E-state index in [1.165, 1.54) is 23.2 Å². The van der Waals surface area contributed by atoms with Crippen LogP contribution >= 0.6 is 0 Å². The number of fused-ring (bicyclic) bond motifs is 3. The fraction of sp³-hybridized carbons (Fsp3) is 0.571. The van der Waals surface area contributed by atoms with Crippen molar-refractivity contribution in [2.24, 2.45) is 0 Å². The van der Waals surface area contributed by atoms with E-state index in [4.69, 9.17) is 0 Å². The van der Waals surface area contributed by atoms with Gasteiger partial charge in [0.05, 0.1) is 0 Å². The van der Waals surface area contributed by atoms with E-state index in [1.54, 1.807) is 5.56 Å². The van der Waals surface area contributed by atoms with Gasteiger partial charge in [-0.15, -0.1) is 0 Å². The molecule has 3 rings (SSSR count). The fourth-order valence-corrected chi connectivity index (χ4v) is 3.22. The summed E-state index contributed by atoms with van der Waals surface area (Å²) in [7, 11) is 0. The second kappa shape index (κ2) is 3.49. The molecule has 0 bridgehead atoms. The largest absolute Gasteiger partial charge is 0.363 e. The first-order valence-corrected chi connectivity index (χ1v) is 6.26. The van der Waals surface area contributed by atoms with Crippen LogP contribution in [0.1, 0.15) is 23.6 Å². The summed E-state index contributed by atoms with van der Waals surface area (Å²) >= 11 is 0. The molecular formula is C14H20N2. The summed E-state index contributed by atoms with van der Waals surface area (Å²) in [6, 6.07) is 5.90. The number of piperazine rings is 1. The van der Waals surface area contributed by atoms with Crippen LogP contribution in [0.25, 0.3) is 0 Å². The average Bonchev–Trinajstić information content (AvgIpc) is 2.64. The monoisotopic (exact) mass is 216 g/mol. The molecule has 1 fully saturated rings. The Morgan fingerprint density at radius 3 is 2.88 bits per heavy atom. The van der Waals surface area contributed by atoms with E-state index in [1.807, 2.05) is 0 Å². The molecule has 1 N–H and O–H groups in total. The van der Waals surface area contributed by atoms with Crippen molar-refractivity contribution in [3.05, 3.63) is 28.8 Å². The van der Waals surface area contributed by atoms with Gasteiger partial charge in [-0.05, 0) is 43.9 Å². The van der Waals surface area contributed by atoms with Crippen molar-refractivity contribution in [3.63, 3.8) is 0 Å². The van der Waals surface area contributed by atoms with Gasteiger partial charge in [0.15, 0.2) is 0 Å². The molecule has 1 unspecified atom stereocenters. The Bertz CT molecular complexity index is 425. The highest BCUT2D eigenvalue weighted by Gasteiger charge is 2.35. The number of anilines is 1. The summed E-state index contributed by atoms with van der Waals surface area (Å²) < 4.78 is 0. The minimum atomic E-state index is 0.625. The first-order valence-electron chi connectivity index (χ1n) is 6.26. The van der Waals surface area contributed by atoms with E-state index in [0.717, 1.165) is 13.1 Å². The number of rotatable bonds is 0. The molecule has 1 aromatic rings. The molecule has 0 amide bonds. The maximum atomic E-state index is 3.53. The van der Waals surface area contributed by atoms with E-state index >= 15 is 0 Å². The van der Waals surface area contributed by atoms with Gasteiger partial charge in [0, 0.05) is 30.9 Å². The second-order valence-electron chi connectivity index (χ2n) is 5.29. The van der Waals surface area contributed by atoms with Crippen LogP contribution in [-0.4, -0.2) is 25.2 Å². The van der Waals surface area contributed by atoms with Crippen LogP contribution in [0.3, 0.4) is 0 Å². The Hall–Kier alpha value is -1.02. The summed E-state index contributed by atoms with van der Waals surface area (Å²) in [6.07, 6.45) is 1.22. The highest BCUT2D eigenvalue weighted by Crippen LogP contribution is 2.38. The van der Waals surface area contributed by atoms with Crippen molar-refractivity contribution in [2.75, 3.05) is 18.0 Å².